The van der Waals surface area contributed by atoms with Crippen LogP contribution in [0.1, 0.15) is 5.01 Å². The van der Waals surface area contributed by atoms with Gasteiger partial charge in [0.1, 0.15) is 5.01 Å². The normalized spacial score (nSPS) is 11.3. The predicted octanol–water partition coefficient (Wildman–Crippen LogP) is 2.35. The third-order valence-corrected chi connectivity index (χ3v) is 4.54. The molecule has 2 heterocycles. The average Bonchev–Trinajstić information content (AvgIpc) is 2.94. The zero-order valence-electron chi connectivity index (χ0n) is 11.4. The van der Waals surface area contributed by atoms with Gasteiger partial charge in [0.15, 0.2) is 0 Å². The van der Waals surface area contributed by atoms with Gasteiger partial charge in [0.2, 0.25) is 0 Å². The summed E-state index contributed by atoms with van der Waals surface area (Å²) in [5.41, 5.74) is 0.729. The summed E-state index contributed by atoms with van der Waals surface area (Å²) in [6.45, 7) is 0.179. The molecule has 0 amide bonds. The maximum absolute atomic E-state index is 12.5. The van der Waals surface area contributed by atoms with Gasteiger partial charge in [-0.3, -0.25) is 9.36 Å². The Hall–Kier alpha value is -2.73. The highest BCUT2D eigenvalue weighted by Gasteiger charge is 2.10. The van der Waals surface area contributed by atoms with Crippen molar-refractivity contribution in [2.75, 3.05) is 0 Å². The molecule has 0 fully saturated rings. The number of thiazole rings is 1. The molecule has 0 radical (unpaired) electrons. The Bertz CT molecular complexity index is 1070. The van der Waals surface area contributed by atoms with Gasteiger partial charge in [-0.25, -0.2) is 9.78 Å². The third kappa shape index (κ3) is 2.05. The van der Waals surface area contributed by atoms with Crippen molar-refractivity contribution < 1.29 is 0 Å². The second kappa shape index (κ2) is 4.92. The standard InChI is InChI=1S/C16H11N3O2S/c20-15-10-5-1-2-6-11(10)18-16(21)19(15)9-14-17-12-7-3-4-8-13(12)22-14/h1-8H,9H2,(H,18,21). The number of fused-ring (bicyclic) bond motifs is 2. The van der Waals surface area contributed by atoms with Crippen molar-refractivity contribution in [3.05, 3.63) is 74.4 Å². The molecule has 0 saturated carbocycles. The largest absolute Gasteiger partial charge is 0.329 e. The number of hydrogen-bond donors (Lipinski definition) is 1. The Morgan fingerprint density at radius 2 is 1.82 bits per heavy atom. The van der Waals surface area contributed by atoms with Gasteiger partial charge in [-0.15, -0.1) is 11.3 Å². The maximum Gasteiger partial charge on any atom is 0.329 e. The summed E-state index contributed by atoms with van der Waals surface area (Å²) < 4.78 is 2.24. The van der Waals surface area contributed by atoms with E-state index in [-0.39, 0.29) is 12.1 Å². The highest BCUT2D eigenvalue weighted by molar-refractivity contribution is 7.18. The van der Waals surface area contributed by atoms with Gasteiger partial charge in [0.25, 0.3) is 5.56 Å². The van der Waals surface area contributed by atoms with Crippen LogP contribution in [0.25, 0.3) is 21.1 Å². The molecule has 0 atom stereocenters. The Labute approximate surface area is 128 Å². The van der Waals surface area contributed by atoms with Crippen molar-refractivity contribution in [2.45, 2.75) is 6.54 Å². The molecule has 5 nitrogen and oxygen atoms in total. The number of aromatic amines is 1. The fourth-order valence-electron chi connectivity index (χ4n) is 2.47. The molecule has 22 heavy (non-hydrogen) atoms. The molecule has 1 N–H and O–H groups in total. The zero-order valence-corrected chi connectivity index (χ0v) is 12.3. The molecule has 0 bridgehead atoms. The fourth-order valence-corrected chi connectivity index (χ4v) is 3.42. The summed E-state index contributed by atoms with van der Waals surface area (Å²) in [4.78, 5) is 31.9. The molecular formula is C16H11N3O2S. The number of aromatic nitrogens is 3. The second-order valence-corrected chi connectivity index (χ2v) is 6.06. The minimum absolute atomic E-state index is 0.179. The van der Waals surface area contributed by atoms with Crippen LogP contribution in [0.3, 0.4) is 0 Å². The van der Waals surface area contributed by atoms with Crippen LogP contribution >= 0.6 is 11.3 Å². The zero-order chi connectivity index (χ0) is 15.1. The number of hydrogen-bond acceptors (Lipinski definition) is 4. The van der Waals surface area contributed by atoms with E-state index in [9.17, 15) is 9.59 Å². The monoisotopic (exact) mass is 309 g/mol. The van der Waals surface area contributed by atoms with E-state index in [0.717, 1.165) is 15.2 Å². The molecule has 2 aromatic carbocycles. The first-order chi connectivity index (χ1) is 10.7. The van der Waals surface area contributed by atoms with Gasteiger partial charge >= 0.3 is 5.69 Å². The number of H-pyrrole nitrogens is 1. The van der Waals surface area contributed by atoms with Crippen LogP contribution in [0.15, 0.2) is 58.1 Å². The van der Waals surface area contributed by atoms with Crippen molar-refractivity contribution in [1.82, 2.24) is 14.5 Å². The van der Waals surface area contributed by atoms with Crippen molar-refractivity contribution in [3.63, 3.8) is 0 Å². The summed E-state index contributed by atoms with van der Waals surface area (Å²) in [6.07, 6.45) is 0. The van der Waals surface area contributed by atoms with Crippen LogP contribution in [0.5, 0.6) is 0 Å². The smallest absolute Gasteiger partial charge is 0.307 e. The molecule has 0 aliphatic carbocycles. The topological polar surface area (TPSA) is 67.8 Å². The predicted molar refractivity (Wildman–Crippen MR) is 87.6 cm³/mol. The summed E-state index contributed by atoms with van der Waals surface area (Å²) in [5, 5.41) is 1.24. The lowest BCUT2D eigenvalue weighted by molar-refractivity contribution is 0.709. The van der Waals surface area contributed by atoms with Gasteiger partial charge in [-0.1, -0.05) is 24.3 Å². The van der Waals surface area contributed by atoms with Crippen molar-refractivity contribution >= 4 is 32.5 Å². The van der Waals surface area contributed by atoms with E-state index in [2.05, 4.69) is 9.97 Å². The summed E-state index contributed by atoms with van der Waals surface area (Å²) in [6, 6.07) is 14.8. The van der Waals surface area contributed by atoms with E-state index in [1.54, 1.807) is 24.3 Å². The molecular weight excluding hydrogens is 298 g/mol. The highest BCUT2D eigenvalue weighted by atomic mass is 32.1. The Morgan fingerprint density at radius 1 is 1.05 bits per heavy atom. The third-order valence-electron chi connectivity index (χ3n) is 3.52. The molecule has 0 aliphatic heterocycles. The van der Waals surface area contributed by atoms with E-state index in [1.807, 2.05) is 24.3 Å². The molecule has 4 aromatic rings. The summed E-state index contributed by atoms with van der Waals surface area (Å²) in [5.74, 6) is 0. The number of nitrogens with one attached hydrogen (secondary N) is 1. The quantitative estimate of drug-likeness (QED) is 0.618. The van der Waals surface area contributed by atoms with Gasteiger partial charge in [0.05, 0.1) is 27.7 Å². The molecule has 0 saturated heterocycles. The first-order valence-electron chi connectivity index (χ1n) is 6.79. The van der Waals surface area contributed by atoms with Crippen molar-refractivity contribution in [1.29, 1.82) is 0 Å². The molecule has 108 valence electrons. The van der Waals surface area contributed by atoms with Crippen molar-refractivity contribution in [2.24, 2.45) is 0 Å². The lowest BCUT2D eigenvalue weighted by Crippen LogP contribution is -2.35. The number of para-hydroxylation sites is 2. The van der Waals surface area contributed by atoms with Gasteiger partial charge in [0, 0.05) is 0 Å². The molecule has 2 aromatic heterocycles. The number of benzene rings is 2. The molecule has 0 spiro atoms. The second-order valence-electron chi connectivity index (χ2n) is 4.94. The van der Waals surface area contributed by atoms with Crippen LogP contribution < -0.4 is 11.2 Å². The molecule has 0 aliphatic rings. The first kappa shape index (κ1) is 13.0. The number of rotatable bonds is 2. The summed E-state index contributed by atoms with van der Waals surface area (Å²) >= 11 is 1.49. The summed E-state index contributed by atoms with van der Waals surface area (Å²) in [7, 11) is 0. The maximum atomic E-state index is 12.5. The van der Waals surface area contributed by atoms with Crippen LogP contribution in [0.4, 0.5) is 0 Å². The van der Waals surface area contributed by atoms with Crippen molar-refractivity contribution in [3.8, 4) is 0 Å². The van der Waals surface area contributed by atoms with Crippen LogP contribution in [-0.2, 0) is 6.54 Å². The molecule has 0 unspecified atom stereocenters. The van der Waals surface area contributed by atoms with E-state index < -0.39 is 5.69 Å². The van der Waals surface area contributed by atoms with Gasteiger partial charge in [-0.05, 0) is 24.3 Å². The minimum atomic E-state index is -0.414. The SMILES string of the molecule is O=c1[nH]c2ccccc2c(=O)n1Cc1nc2ccccc2s1. The molecule has 6 heteroatoms. The van der Waals surface area contributed by atoms with E-state index in [0.29, 0.717) is 10.9 Å². The van der Waals surface area contributed by atoms with Gasteiger partial charge < -0.3 is 4.98 Å². The lowest BCUT2D eigenvalue weighted by Gasteiger charge is -2.04. The van der Waals surface area contributed by atoms with Crippen LogP contribution in [0.2, 0.25) is 0 Å². The fraction of sp³-hybridized carbons (Fsp3) is 0.0625. The van der Waals surface area contributed by atoms with Gasteiger partial charge in [-0.2, -0.15) is 0 Å². The number of nitrogens with zero attached hydrogens (tertiary/aromatic N) is 2. The Morgan fingerprint density at radius 3 is 2.68 bits per heavy atom. The Kier molecular flexibility index (Phi) is 2.90. The Balaban J connectivity index is 1.87. The van der Waals surface area contributed by atoms with E-state index in [4.69, 9.17) is 0 Å². The van der Waals surface area contributed by atoms with E-state index in [1.165, 1.54) is 15.9 Å². The van der Waals surface area contributed by atoms with Crippen LogP contribution in [0, 0.1) is 0 Å². The van der Waals surface area contributed by atoms with E-state index >= 15 is 0 Å². The lowest BCUT2D eigenvalue weighted by atomic mass is 10.2. The molecule has 4 rings (SSSR count). The minimum Gasteiger partial charge on any atom is -0.307 e. The van der Waals surface area contributed by atoms with Crippen LogP contribution in [-0.4, -0.2) is 14.5 Å². The highest BCUT2D eigenvalue weighted by Crippen LogP contribution is 2.21. The average molecular weight is 309 g/mol. The first-order valence-corrected chi connectivity index (χ1v) is 7.60.